The third-order valence-corrected chi connectivity index (χ3v) is 2.64. The van der Waals surface area contributed by atoms with Crippen LogP contribution in [0.3, 0.4) is 0 Å². The number of nitrogens with zero attached hydrogens (tertiary/aromatic N) is 1. The first-order valence-electron chi connectivity index (χ1n) is 5.14. The van der Waals surface area contributed by atoms with Crippen LogP contribution >= 0.6 is 39.9 Å². The molecule has 0 amide bonds. The Morgan fingerprint density at radius 3 is 2.82 bits per heavy atom. The zero-order chi connectivity index (χ0) is 12.0. The van der Waals surface area contributed by atoms with Crippen LogP contribution < -0.4 is 11.1 Å². The van der Waals surface area contributed by atoms with Gasteiger partial charge >= 0.3 is 0 Å². The van der Waals surface area contributed by atoms with Crippen molar-refractivity contribution in [1.29, 1.82) is 0 Å². The van der Waals surface area contributed by atoms with Gasteiger partial charge in [-0.1, -0.05) is 13.0 Å². The average molecular weight is 414 g/mol. The zero-order valence-electron chi connectivity index (χ0n) is 9.61. The maximum Gasteiger partial charge on any atom is 0.188 e. The van der Waals surface area contributed by atoms with Gasteiger partial charge in [0.05, 0.1) is 11.0 Å². The van der Waals surface area contributed by atoms with Crippen LogP contribution in [-0.4, -0.2) is 17.6 Å². The molecule has 1 aromatic rings. The van der Waals surface area contributed by atoms with E-state index < -0.39 is 0 Å². The molecule has 0 radical (unpaired) electrons. The molecule has 0 saturated heterocycles. The summed E-state index contributed by atoms with van der Waals surface area (Å²) in [5, 5.41) is 12.3. The van der Waals surface area contributed by atoms with Gasteiger partial charge in [-0.3, -0.25) is 0 Å². The number of nitrogens with one attached hydrogen (secondary N) is 1. The molecule has 4 nitrogen and oxygen atoms in total. The second-order valence-corrected chi connectivity index (χ2v) is 4.27. The molecule has 0 spiro atoms. The van der Waals surface area contributed by atoms with Gasteiger partial charge in [-0.2, -0.15) is 0 Å². The number of hydrogen-bond acceptors (Lipinski definition) is 2. The lowest BCUT2D eigenvalue weighted by Crippen LogP contribution is -2.32. The van der Waals surface area contributed by atoms with Crippen molar-refractivity contribution in [2.24, 2.45) is 10.7 Å². The van der Waals surface area contributed by atoms with E-state index in [2.05, 4.69) is 33.2 Å². The summed E-state index contributed by atoms with van der Waals surface area (Å²) in [5.41, 5.74) is 6.64. The van der Waals surface area contributed by atoms with E-state index in [0.29, 0.717) is 17.0 Å². The molecule has 0 bridgehead atoms. The molecular weight excluding hydrogens is 397 g/mol. The number of nitrogens with two attached hydrogens (primary N) is 1. The maximum atomic E-state index is 9.32. The Hall–Kier alpha value is -0.500. The molecule has 1 aromatic carbocycles. The highest BCUT2D eigenvalue weighted by Gasteiger charge is 1.99. The minimum atomic E-state index is 0. The van der Waals surface area contributed by atoms with Crippen molar-refractivity contribution in [1.82, 2.24) is 5.32 Å². The van der Waals surface area contributed by atoms with E-state index >= 15 is 0 Å². The summed E-state index contributed by atoms with van der Waals surface area (Å²) in [6.07, 6.45) is 1.01. The van der Waals surface area contributed by atoms with Crippen LogP contribution in [0.2, 0.25) is 0 Å². The molecule has 0 aromatic heterocycles. The van der Waals surface area contributed by atoms with Gasteiger partial charge in [0.25, 0.3) is 0 Å². The van der Waals surface area contributed by atoms with Gasteiger partial charge in [0, 0.05) is 6.54 Å². The highest BCUT2D eigenvalue weighted by molar-refractivity contribution is 14.0. The first kappa shape index (κ1) is 16.5. The summed E-state index contributed by atoms with van der Waals surface area (Å²) >= 11 is 3.25. The summed E-state index contributed by atoms with van der Waals surface area (Å²) in [7, 11) is 0. The van der Waals surface area contributed by atoms with Crippen LogP contribution in [0.4, 0.5) is 0 Å². The van der Waals surface area contributed by atoms with E-state index in [1.54, 1.807) is 6.07 Å². The van der Waals surface area contributed by atoms with Gasteiger partial charge in [0.1, 0.15) is 5.75 Å². The lowest BCUT2D eigenvalue weighted by molar-refractivity contribution is 0.471. The summed E-state index contributed by atoms with van der Waals surface area (Å²) < 4.78 is 0.667. The van der Waals surface area contributed by atoms with Crippen molar-refractivity contribution in [3.05, 3.63) is 28.2 Å². The van der Waals surface area contributed by atoms with E-state index in [9.17, 15) is 5.11 Å². The minimum absolute atomic E-state index is 0. The van der Waals surface area contributed by atoms with Gasteiger partial charge in [-0.05, 0) is 40.0 Å². The van der Waals surface area contributed by atoms with Gasteiger partial charge in [-0.25, -0.2) is 4.99 Å². The van der Waals surface area contributed by atoms with Gasteiger partial charge in [-0.15, -0.1) is 24.0 Å². The molecule has 0 unspecified atom stereocenters. The van der Waals surface area contributed by atoms with Crippen LogP contribution in [0, 0.1) is 0 Å². The molecular formula is C11H17BrIN3O. The molecule has 0 heterocycles. The average Bonchev–Trinajstić information content (AvgIpc) is 2.28. The fourth-order valence-electron chi connectivity index (χ4n) is 1.13. The topological polar surface area (TPSA) is 70.6 Å². The number of guanidine groups is 1. The molecule has 17 heavy (non-hydrogen) atoms. The second-order valence-electron chi connectivity index (χ2n) is 3.41. The Kier molecular flexibility index (Phi) is 8.32. The SMILES string of the molecule is CCCNC(N)=NCc1ccc(O)c(Br)c1.I. The molecule has 1 rings (SSSR count). The van der Waals surface area contributed by atoms with Crippen molar-refractivity contribution in [3.63, 3.8) is 0 Å². The Morgan fingerprint density at radius 2 is 2.24 bits per heavy atom. The van der Waals surface area contributed by atoms with Crippen LogP contribution in [0.25, 0.3) is 0 Å². The van der Waals surface area contributed by atoms with E-state index in [4.69, 9.17) is 5.73 Å². The normalized spacial score (nSPS) is 10.8. The van der Waals surface area contributed by atoms with E-state index in [1.807, 2.05) is 12.1 Å². The maximum absolute atomic E-state index is 9.32. The summed E-state index contributed by atoms with van der Waals surface area (Å²) in [6, 6.07) is 5.27. The Labute approximate surface area is 127 Å². The van der Waals surface area contributed by atoms with Crippen molar-refractivity contribution in [2.75, 3.05) is 6.54 Å². The lowest BCUT2D eigenvalue weighted by atomic mass is 10.2. The molecule has 0 fully saturated rings. The quantitative estimate of drug-likeness (QED) is 0.403. The largest absolute Gasteiger partial charge is 0.507 e. The second kappa shape index (κ2) is 8.57. The highest BCUT2D eigenvalue weighted by atomic mass is 127. The number of benzene rings is 1. The van der Waals surface area contributed by atoms with Crippen LogP contribution in [0.5, 0.6) is 5.75 Å². The zero-order valence-corrected chi connectivity index (χ0v) is 13.5. The number of halogens is 2. The molecule has 0 aliphatic carbocycles. The van der Waals surface area contributed by atoms with Crippen molar-refractivity contribution < 1.29 is 5.11 Å². The third kappa shape index (κ3) is 6.11. The molecule has 0 atom stereocenters. The fourth-order valence-corrected chi connectivity index (χ4v) is 1.56. The number of phenolic OH excluding ortho intramolecular Hbond substituents is 1. The third-order valence-electron chi connectivity index (χ3n) is 2.00. The predicted molar refractivity (Wildman–Crippen MR) is 84.8 cm³/mol. The number of hydrogen-bond donors (Lipinski definition) is 3. The minimum Gasteiger partial charge on any atom is -0.507 e. The molecule has 6 heteroatoms. The van der Waals surface area contributed by atoms with E-state index in [0.717, 1.165) is 18.5 Å². The fraction of sp³-hybridized carbons (Fsp3) is 0.364. The smallest absolute Gasteiger partial charge is 0.188 e. The van der Waals surface area contributed by atoms with Crippen LogP contribution in [0.1, 0.15) is 18.9 Å². The molecule has 0 aliphatic heterocycles. The van der Waals surface area contributed by atoms with E-state index in [-0.39, 0.29) is 29.7 Å². The number of aromatic hydroxyl groups is 1. The lowest BCUT2D eigenvalue weighted by Gasteiger charge is -2.04. The Bertz CT molecular complexity index is 385. The summed E-state index contributed by atoms with van der Waals surface area (Å²) in [5.74, 6) is 0.677. The molecule has 96 valence electrons. The van der Waals surface area contributed by atoms with Crippen LogP contribution in [0.15, 0.2) is 27.7 Å². The number of aliphatic imine (C=N–C) groups is 1. The molecule has 0 aliphatic rings. The first-order chi connectivity index (χ1) is 7.63. The first-order valence-corrected chi connectivity index (χ1v) is 5.94. The standard InChI is InChI=1S/C11H16BrN3O.HI/c1-2-5-14-11(13)15-7-8-3-4-10(16)9(12)6-8;/h3-4,6,16H,2,5,7H2,1H3,(H3,13,14,15);1H. The number of phenols is 1. The van der Waals surface area contributed by atoms with E-state index in [1.165, 1.54) is 0 Å². The number of rotatable bonds is 4. The van der Waals surface area contributed by atoms with Crippen molar-refractivity contribution >= 4 is 45.9 Å². The monoisotopic (exact) mass is 413 g/mol. The Balaban J connectivity index is 0.00000256. The predicted octanol–water partition coefficient (Wildman–Crippen LogP) is 2.59. The summed E-state index contributed by atoms with van der Waals surface area (Å²) in [6.45, 7) is 3.40. The molecule has 4 N–H and O–H groups in total. The van der Waals surface area contributed by atoms with Crippen molar-refractivity contribution in [3.8, 4) is 5.75 Å². The highest BCUT2D eigenvalue weighted by Crippen LogP contribution is 2.24. The van der Waals surface area contributed by atoms with Gasteiger partial charge < -0.3 is 16.2 Å². The van der Waals surface area contributed by atoms with Crippen molar-refractivity contribution in [2.45, 2.75) is 19.9 Å². The Morgan fingerprint density at radius 1 is 1.53 bits per heavy atom. The van der Waals surface area contributed by atoms with Gasteiger partial charge in [0.15, 0.2) is 5.96 Å². The summed E-state index contributed by atoms with van der Waals surface area (Å²) in [4.78, 5) is 4.18. The van der Waals surface area contributed by atoms with Gasteiger partial charge in [0.2, 0.25) is 0 Å². The molecule has 0 saturated carbocycles. The van der Waals surface area contributed by atoms with Crippen LogP contribution in [-0.2, 0) is 6.54 Å².